The highest BCUT2D eigenvalue weighted by Gasteiger charge is 2.23. The molecular formula is C32H40N6O. The van der Waals surface area contributed by atoms with E-state index in [2.05, 4.69) is 82.3 Å². The van der Waals surface area contributed by atoms with Gasteiger partial charge in [0.2, 0.25) is 0 Å². The van der Waals surface area contributed by atoms with Gasteiger partial charge in [-0.2, -0.15) is 9.61 Å². The molecule has 0 radical (unpaired) electrons. The van der Waals surface area contributed by atoms with E-state index in [-0.39, 0.29) is 6.61 Å². The predicted octanol–water partition coefficient (Wildman–Crippen LogP) is 4.51. The molecular weight excluding hydrogens is 484 g/mol. The van der Waals surface area contributed by atoms with Crippen molar-refractivity contribution >= 4 is 11.5 Å². The summed E-state index contributed by atoms with van der Waals surface area (Å²) < 4.78 is 2.04. The Bertz CT molecular complexity index is 1390. The Labute approximate surface area is 231 Å². The quantitative estimate of drug-likeness (QED) is 0.366. The zero-order chi connectivity index (χ0) is 26.6. The van der Waals surface area contributed by atoms with E-state index in [9.17, 15) is 5.11 Å². The summed E-state index contributed by atoms with van der Waals surface area (Å²) in [6.07, 6.45) is 5.10. The van der Waals surface area contributed by atoms with Gasteiger partial charge in [0, 0.05) is 56.5 Å². The van der Waals surface area contributed by atoms with Crippen LogP contribution in [0.1, 0.15) is 30.5 Å². The number of rotatable bonds is 8. The first-order valence-electron chi connectivity index (χ1n) is 14.6. The van der Waals surface area contributed by atoms with Crippen LogP contribution < -0.4 is 4.90 Å². The van der Waals surface area contributed by atoms with E-state index in [0.29, 0.717) is 0 Å². The molecule has 2 aliphatic heterocycles. The Morgan fingerprint density at radius 1 is 0.769 bits per heavy atom. The fourth-order valence-corrected chi connectivity index (χ4v) is 6.12. The number of piperazine rings is 1. The topological polar surface area (TPSA) is 60.1 Å². The fourth-order valence-electron chi connectivity index (χ4n) is 6.12. The molecule has 0 bridgehead atoms. The second kappa shape index (κ2) is 11.9. The van der Waals surface area contributed by atoms with Crippen molar-refractivity contribution in [3.05, 3.63) is 71.9 Å². The van der Waals surface area contributed by atoms with Crippen LogP contribution in [0.3, 0.4) is 0 Å². The Morgan fingerprint density at radius 3 is 2.28 bits per heavy atom. The monoisotopic (exact) mass is 524 g/mol. The molecule has 4 heterocycles. The molecule has 4 aromatic rings. The lowest BCUT2D eigenvalue weighted by Gasteiger charge is -2.35. The Morgan fingerprint density at radius 2 is 1.51 bits per heavy atom. The molecule has 2 fully saturated rings. The summed E-state index contributed by atoms with van der Waals surface area (Å²) in [7, 11) is 0. The minimum absolute atomic E-state index is 0.205. The molecule has 0 atom stereocenters. The van der Waals surface area contributed by atoms with E-state index in [1.165, 1.54) is 37.9 Å². The summed E-state index contributed by atoms with van der Waals surface area (Å²) >= 11 is 0. The number of fused-ring (bicyclic) bond motifs is 1. The molecule has 204 valence electrons. The number of hydrogen-bond acceptors (Lipinski definition) is 6. The molecule has 2 aromatic carbocycles. The average molecular weight is 525 g/mol. The van der Waals surface area contributed by atoms with Gasteiger partial charge < -0.3 is 14.9 Å². The fraction of sp³-hybridized carbons (Fsp3) is 0.438. The smallest absolute Gasteiger partial charge is 0.166 e. The second-order valence-corrected chi connectivity index (χ2v) is 11.0. The minimum Gasteiger partial charge on any atom is -0.395 e. The Kier molecular flexibility index (Phi) is 7.90. The lowest BCUT2D eigenvalue weighted by atomic mass is 10.0. The van der Waals surface area contributed by atoms with E-state index in [0.717, 1.165) is 85.2 Å². The van der Waals surface area contributed by atoms with Crippen molar-refractivity contribution in [3.63, 3.8) is 0 Å². The summed E-state index contributed by atoms with van der Waals surface area (Å²) in [5.74, 6) is 1.09. The van der Waals surface area contributed by atoms with Gasteiger partial charge in [-0.3, -0.25) is 4.90 Å². The maximum Gasteiger partial charge on any atom is 0.166 e. The normalized spacial score (nSPS) is 17.2. The van der Waals surface area contributed by atoms with Crippen molar-refractivity contribution in [1.29, 1.82) is 0 Å². The minimum atomic E-state index is 0.205. The highest BCUT2D eigenvalue weighted by Crippen LogP contribution is 2.33. The number of benzene rings is 2. The number of hydrogen-bond donors (Lipinski definition) is 1. The number of β-amino-alcohol motifs (C(OH)–C–C–N with tert-alkyl or cyclic N) is 1. The van der Waals surface area contributed by atoms with Crippen LogP contribution in [0, 0.1) is 6.92 Å². The average Bonchev–Trinajstić information content (AvgIpc) is 3.33. The van der Waals surface area contributed by atoms with Crippen LogP contribution in [0.5, 0.6) is 0 Å². The maximum atomic E-state index is 9.40. The summed E-state index contributed by atoms with van der Waals surface area (Å²) in [5, 5.41) is 14.4. The maximum absolute atomic E-state index is 9.40. The van der Waals surface area contributed by atoms with Crippen molar-refractivity contribution in [3.8, 4) is 22.4 Å². The number of aromatic nitrogens is 3. The third-order valence-corrected chi connectivity index (χ3v) is 8.31. The summed E-state index contributed by atoms with van der Waals surface area (Å²) in [4.78, 5) is 12.6. The second-order valence-electron chi connectivity index (χ2n) is 11.0. The first kappa shape index (κ1) is 26.0. The summed E-state index contributed by atoms with van der Waals surface area (Å²) in [5.41, 5.74) is 7.65. The molecule has 0 unspecified atom stereocenters. The van der Waals surface area contributed by atoms with Gasteiger partial charge in [-0.15, -0.1) is 0 Å². The van der Waals surface area contributed by atoms with Crippen LogP contribution in [0.15, 0.2) is 60.7 Å². The highest BCUT2D eigenvalue weighted by molar-refractivity contribution is 5.83. The van der Waals surface area contributed by atoms with E-state index in [4.69, 9.17) is 10.1 Å². The molecule has 2 aliphatic rings. The molecule has 6 rings (SSSR count). The molecule has 2 aromatic heterocycles. The number of anilines is 1. The third-order valence-electron chi connectivity index (χ3n) is 8.31. The van der Waals surface area contributed by atoms with Crippen molar-refractivity contribution in [2.75, 3.05) is 63.9 Å². The Hall–Kier alpha value is -3.26. The van der Waals surface area contributed by atoms with Crippen molar-refractivity contribution in [2.45, 2.75) is 32.6 Å². The van der Waals surface area contributed by atoms with Gasteiger partial charge in [0.05, 0.1) is 18.0 Å². The van der Waals surface area contributed by atoms with Crippen LogP contribution in [-0.4, -0.2) is 88.5 Å². The van der Waals surface area contributed by atoms with Gasteiger partial charge in [-0.1, -0.05) is 55.0 Å². The van der Waals surface area contributed by atoms with Crippen molar-refractivity contribution in [2.24, 2.45) is 0 Å². The van der Waals surface area contributed by atoms with Crippen molar-refractivity contribution < 1.29 is 5.11 Å². The molecule has 0 amide bonds. The van der Waals surface area contributed by atoms with Gasteiger partial charge >= 0.3 is 0 Å². The Balaban J connectivity index is 1.38. The van der Waals surface area contributed by atoms with Crippen LogP contribution >= 0.6 is 0 Å². The number of piperidine rings is 1. The summed E-state index contributed by atoms with van der Waals surface area (Å²) in [6, 6.07) is 21.7. The first-order valence-corrected chi connectivity index (χ1v) is 14.6. The lowest BCUT2D eigenvalue weighted by molar-refractivity contribution is 0.188. The molecule has 1 N–H and O–H groups in total. The highest BCUT2D eigenvalue weighted by atomic mass is 16.3. The summed E-state index contributed by atoms with van der Waals surface area (Å²) in [6.45, 7) is 10.3. The van der Waals surface area contributed by atoms with Gasteiger partial charge in [-0.25, -0.2) is 4.98 Å². The van der Waals surface area contributed by atoms with Gasteiger partial charge in [0.25, 0.3) is 0 Å². The van der Waals surface area contributed by atoms with Gasteiger partial charge in [-0.05, 0) is 56.5 Å². The zero-order valence-electron chi connectivity index (χ0n) is 23.1. The van der Waals surface area contributed by atoms with Gasteiger partial charge in [0.15, 0.2) is 5.65 Å². The largest absolute Gasteiger partial charge is 0.395 e. The first-order chi connectivity index (χ1) is 19.2. The van der Waals surface area contributed by atoms with Crippen LogP contribution in [0.25, 0.3) is 28.0 Å². The SMILES string of the molecule is Cc1nn2c(N3CCN(CCO)CC3)cc(-c3cccc(CCN4CCCCC4)c3)nc2c1-c1ccccc1. The third kappa shape index (κ3) is 5.71. The number of aliphatic hydroxyl groups excluding tert-OH is 1. The van der Waals surface area contributed by atoms with Crippen LogP contribution in [0.2, 0.25) is 0 Å². The van der Waals surface area contributed by atoms with E-state index in [1.807, 2.05) is 4.52 Å². The van der Waals surface area contributed by atoms with Crippen molar-refractivity contribution in [1.82, 2.24) is 24.4 Å². The number of aliphatic hydroxyl groups is 1. The molecule has 0 spiro atoms. The molecule has 7 nitrogen and oxygen atoms in total. The molecule has 0 saturated carbocycles. The van der Waals surface area contributed by atoms with Gasteiger partial charge in [0.1, 0.15) is 5.82 Å². The number of nitrogens with zero attached hydrogens (tertiary/aromatic N) is 6. The number of likely N-dealkylation sites (tertiary alicyclic amines) is 1. The number of aryl methyl sites for hydroxylation is 1. The van der Waals surface area contributed by atoms with Crippen LogP contribution in [-0.2, 0) is 6.42 Å². The lowest BCUT2D eigenvalue weighted by Crippen LogP contribution is -2.47. The molecule has 39 heavy (non-hydrogen) atoms. The molecule has 2 saturated heterocycles. The van der Waals surface area contributed by atoms with E-state index >= 15 is 0 Å². The van der Waals surface area contributed by atoms with Crippen LogP contribution in [0.4, 0.5) is 5.82 Å². The van der Waals surface area contributed by atoms with E-state index < -0.39 is 0 Å². The predicted molar refractivity (Wildman–Crippen MR) is 158 cm³/mol. The zero-order valence-corrected chi connectivity index (χ0v) is 23.1. The van der Waals surface area contributed by atoms with E-state index in [1.54, 1.807) is 0 Å². The standard InChI is InChI=1S/C32H40N6O/c1-25-31(27-10-4-2-5-11-27)32-33-29(24-30(38(32)34-25)37-19-17-36(18-20-37)21-22-39)28-12-8-9-26(23-28)13-16-35-14-6-3-7-15-35/h2,4-5,8-12,23-24,39H,3,6-7,13-22H2,1H3. The molecule has 7 heteroatoms. The molecule has 0 aliphatic carbocycles.